The monoisotopic (exact) mass is 179 g/mol. The second kappa shape index (κ2) is 3.28. The van der Waals surface area contributed by atoms with E-state index in [2.05, 4.69) is 10.3 Å². The van der Waals surface area contributed by atoms with Crippen molar-refractivity contribution < 1.29 is 4.79 Å². The van der Waals surface area contributed by atoms with Gasteiger partial charge in [-0.3, -0.25) is 4.79 Å². The molecule has 0 aliphatic heterocycles. The zero-order chi connectivity index (χ0) is 9.26. The molecule has 1 fully saturated rings. The summed E-state index contributed by atoms with van der Waals surface area (Å²) in [7, 11) is 0. The maximum atomic E-state index is 11.0. The van der Waals surface area contributed by atoms with Gasteiger partial charge in [0.25, 0.3) is 0 Å². The summed E-state index contributed by atoms with van der Waals surface area (Å²) in [4.78, 5) is 11.0. The Bertz CT molecular complexity index is 312. The van der Waals surface area contributed by atoms with Crippen molar-refractivity contribution in [1.82, 2.24) is 15.0 Å². The van der Waals surface area contributed by atoms with Crippen molar-refractivity contribution in [3.8, 4) is 0 Å². The molecule has 1 heterocycles. The van der Waals surface area contributed by atoms with E-state index in [1.807, 2.05) is 4.68 Å². The summed E-state index contributed by atoms with van der Waals surface area (Å²) >= 11 is 0. The third-order valence-corrected chi connectivity index (χ3v) is 2.57. The van der Waals surface area contributed by atoms with Crippen LogP contribution in [0.15, 0.2) is 6.20 Å². The number of ketones is 1. The molecule has 0 aromatic carbocycles. The molecule has 0 N–H and O–H groups in total. The molecule has 0 unspecified atom stereocenters. The Morgan fingerprint density at radius 3 is 2.77 bits per heavy atom. The molecule has 13 heavy (non-hydrogen) atoms. The molecule has 1 saturated carbocycles. The van der Waals surface area contributed by atoms with Crippen molar-refractivity contribution >= 4 is 5.78 Å². The number of rotatable bonds is 2. The lowest BCUT2D eigenvalue weighted by atomic mass is 10.2. The number of carbonyl (C=O) groups is 1. The highest BCUT2D eigenvalue weighted by Crippen LogP contribution is 2.28. The van der Waals surface area contributed by atoms with E-state index in [0.717, 1.165) is 0 Å². The molecule has 0 bridgehead atoms. The first-order chi connectivity index (χ1) is 6.27. The van der Waals surface area contributed by atoms with Gasteiger partial charge in [0.05, 0.1) is 12.2 Å². The molecule has 0 spiro atoms. The molecule has 0 radical (unpaired) electrons. The van der Waals surface area contributed by atoms with Gasteiger partial charge in [-0.15, -0.1) is 5.10 Å². The van der Waals surface area contributed by atoms with Gasteiger partial charge in [-0.2, -0.15) is 0 Å². The van der Waals surface area contributed by atoms with Crippen molar-refractivity contribution in [2.45, 2.75) is 38.6 Å². The number of aromatic nitrogens is 3. The minimum Gasteiger partial charge on any atom is -0.293 e. The molecule has 1 aromatic heterocycles. The van der Waals surface area contributed by atoms with Crippen LogP contribution in [0.2, 0.25) is 0 Å². The number of carbonyl (C=O) groups excluding carboxylic acids is 1. The van der Waals surface area contributed by atoms with E-state index in [4.69, 9.17) is 0 Å². The highest BCUT2D eigenvalue weighted by molar-refractivity contribution is 5.91. The van der Waals surface area contributed by atoms with E-state index in [0.29, 0.717) is 11.7 Å². The Morgan fingerprint density at radius 2 is 2.23 bits per heavy atom. The van der Waals surface area contributed by atoms with Gasteiger partial charge in [0.2, 0.25) is 0 Å². The van der Waals surface area contributed by atoms with E-state index in [1.165, 1.54) is 32.6 Å². The summed E-state index contributed by atoms with van der Waals surface area (Å²) in [5, 5.41) is 7.79. The van der Waals surface area contributed by atoms with Crippen LogP contribution in [0.3, 0.4) is 0 Å². The zero-order valence-corrected chi connectivity index (χ0v) is 7.73. The quantitative estimate of drug-likeness (QED) is 0.648. The van der Waals surface area contributed by atoms with Crippen molar-refractivity contribution in [3.05, 3.63) is 11.9 Å². The van der Waals surface area contributed by atoms with E-state index in [9.17, 15) is 4.79 Å². The summed E-state index contributed by atoms with van der Waals surface area (Å²) in [6.45, 7) is 1.52. The minimum absolute atomic E-state index is 0.00996. The van der Waals surface area contributed by atoms with Gasteiger partial charge in [0.15, 0.2) is 5.78 Å². The smallest absolute Gasteiger partial charge is 0.181 e. The average Bonchev–Trinajstić information content (AvgIpc) is 2.75. The molecule has 4 nitrogen and oxygen atoms in total. The van der Waals surface area contributed by atoms with Crippen molar-refractivity contribution in [2.24, 2.45) is 0 Å². The number of hydrogen-bond donors (Lipinski definition) is 0. The summed E-state index contributed by atoms with van der Waals surface area (Å²) in [6, 6.07) is 0.473. The molecule has 1 aromatic rings. The Balaban J connectivity index is 2.16. The SMILES string of the molecule is CC(=O)c1cn(C2CCCC2)nn1. The largest absolute Gasteiger partial charge is 0.293 e. The molecule has 4 heteroatoms. The third-order valence-electron chi connectivity index (χ3n) is 2.57. The van der Waals surface area contributed by atoms with Crippen LogP contribution in [0.1, 0.15) is 49.1 Å². The maximum Gasteiger partial charge on any atom is 0.181 e. The van der Waals surface area contributed by atoms with Crippen LogP contribution in [0.25, 0.3) is 0 Å². The lowest BCUT2D eigenvalue weighted by Gasteiger charge is -2.06. The average molecular weight is 179 g/mol. The van der Waals surface area contributed by atoms with Crippen molar-refractivity contribution in [3.63, 3.8) is 0 Å². The first kappa shape index (κ1) is 8.41. The van der Waals surface area contributed by atoms with Crippen molar-refractivity contribution in [1.29, 1.82) is 0 Å². The third kappa shape index (κ3) is 1.61. The zero-order valence-electron chi connectivity index (χ0n) is 7.73. The minimum atomic E-state index is -0.00996. The normalized spacial score (nSPS) is 17.9. The fraction of sp³-hybridized carbons (Fsp3) is 0.667. The predicted octanol–water partition coefficient (Wildman–Crippen LogP) is 1.60. The van der Waals surface area contributed by atoms with E-state index in [1.54, 1.807) is 6.20 Å². The van der Waals surface area contributed by atoms with Crippen LogP contribution in [0.5, 0.6) is 0 Å². The van der Waals surface area contributed by atoms with Gasteiger partial charge in [-0.05, 0) is 12.8 Å². The van der Waals surface area contributed by atoms with Gasteiger partial charge in [-0.1, -0.05) is 18.1 Å². The molecule has 1 aliphatic rings. The summed E-state index contributed by atoms with van der Waals surface area (Å²) in [6.07, 6.45) is 6.62. The van der Waals surface area contributed by atoms with Gasteiger partial charge in [0.1, 0.15) is 5.69 Å². The number of nitrogens with zero attached hydrogens (tertiary/aromatic N) is 3. The number of hydrogen-bond acceptors (Lipinski definition) is 3. The van der Waals surface area contributed by atoms with E-state index in [-0.39, 0.29) is 5.78 Å². The van der Waals surface area contributed by atoms with Gasteiger partial charge >= 0.3 is 0 Å². The van der Waals surface area contributed by atoms with Gasteiger partial charge in [0, 0.05) is 6.92 Å². The first-order valence-electron chi connectivity index (χ1n) is 4.70. The van der Waals surface area contributed by atoms with E-state index >= 15 is 0 Å². The van der Waals surface area contributed by atoms with Crippen LogP contribution in [0, 0.1) is 0 Å². The topological polar surface area (TPSA) is 47.8 Å². The molecule has 70 valence electrons. The fourth-order valence-corrected chi connectivity index (χ4v) is 1.79. The van der Waals surface area contributed by atoms with Crippen molar-refractivity contribution in [2.75, 3.05) is 0 Å². The highest BCUT2D eigenvalue weighted by atomic mass is 16.1. The Kier molecular flexibility index (Phi) is 2.12. The molecule has 0 atom stereocenters. The molecular weight excluding hydrogens is 166 g/mol. The standard InChI is InChI=1S/C9H13N3O/c1-7(13)9-6-12(11-10-9)8-4-2-3-5-8/h6,8H,2-5H2,1H3. The lowest BCUT2D eigenvalue weighted by Crippen LogP contribution is -2.04. The molecule has 2 rings (SSSR count). The predicted molar refractivity (Wildman–Crippen MR) is 47.5 cm³/mol. The van der Waals surface area contributed by atoms with Crippen LogP contribution >= 0.6 is 0 Å². The van der Waals surface area contributed by atoms with Gasteiger partial charge < -0.3 is 0 Å². The van der Waals surface area contributed by atoms with E-state index < -0.39 is 0 Å². The summed E-state index contributed by atoms with van der Waals surface area (Å²) in [5.74, 6) is -0.00996. The van der Waals surface area contributed by atoms with Crippen LogP contribution in [0.4, 0.5) is 0 Å². The molecule has 1 aliphatic carbocycles. The Hall–Kier alpha value is -1.19. The fourth-order valence-electron chi connectivity index (χ4n) is 1.79. The first-order valence-corrected chi connectivity index (χ1v) is 4.70. The second-order valence-corrected chi connectivity index (χ2v) is 3.58. The lowest BCUT2D eigenvalue weighted by molar-refractivity contribution is 0.101. The highest BCUT2D eigenvalue weighted by Gasteiger charge is 2.18. The summed E-state index contributed by atoms with van der Waals surface area (Å²) in [5.41, 5.74) is 0.479. The molecule has 0 amide bonds. The Morgan fingerprint density at radius 1 is 1.54 bits per heavy atom. The van der Waals surface area contributed by atoms with Crippen LogP contribution < -0.4 is 0 Å². The number of Topliss-reactive ketones (excluding diaryl/α,β-unsaturated/α-hetero) is 1. The summed E-state index contributed by atoms with van der Waals surface area (Å²) < 4.78 is 1.84. The van der Waals surface area contributed by atoms with Crippen LogP contribution in [-0.4, -0.2) is 20.8 Å². The molecule has 0 saturated heterocycles. The maximum absolute atomic E-state index is 11.0. The molecular formula is C9H13N3O. The van der Waals surface area contributed by atoms with Crippen LogP contribution in [-0.2, 0) is 0 Å². The van der Waals surface area contributed by atoms with Gasteiger partial charge in [-0.25, -0.2) is 4.68 Å². The Labute approximate surface area is 76.9 Å². The second-order valence-electron chi connectivity index (χ2n) is 3.58.